The van der Waals surface area contributed by atoms with Crippen molar-refractivity contribution in [2.24, 2.45) is 0 Å². The third kappa shape index (κ3) is 3.19. The Labute approximate surface area is 122 Å². The summed E-state index contributed by atoms with van der Waals surface area (Å²) in [5, 5.41) is 17.7. The molecular formula is C14H17N3O2S. The van der Waals surface area contributed by atoms with E-state index in [0.717, 1.165) is 17.8 Å². The molecule has 0 fully saturated rings. The van der Waals surface area contributed by atoms with Gasteiger partial charge in [0, 0.05) is 6.42 Å². The molecule has 1 unspecified atom stereocenters. The fraction of sp³-hybridized carbons (Fsp3) is 0.357. The van der Waals surface area contributed by atoms with E-state index in [1.54, 1.807) is 0 Å². The third-order valence-corrected chi connectivity index (χ3v) is 3.97. The molecule has 0 saturated heterocycles. The predicted molar refractivity (Wildman–Crippen MR) is 78.0 cm³/mol. The molecule has 1 aromatic heterocycles. The van der Waals surface area contributed by atoms with Gasteiger partial charge in [-0.15, -0.1) is 10.2 Å². The molecule has 6 heteroatoms. The largest absolute Gasteiger partial charge is 0.481 e. The van der Waals surface area contributed by atoms with Gasteiger partial charge in [0.15, 0.2) is 5.16 Å². The van der Waals surface area contributed by atoms with Gasteiger partial charge in [-0.05, 0) is 12.5 Å². The molecule has 0 bridgehead atoms. The van der Waals surface area contributed by atoms with Crippen molar-refractivity contribution >= 4 is 17.7 Å². The molecule has 0 aliphatic heterocycles. The van der Waals surface area contributed by atoms with Crippen LogP contribution in [0.3, 0.4) is 0 Å². The number of carboxylic acids is 1. The van der Waals surface area contributed by atoms with E-state index >= 15 is 0 Å². The molecule has 0 aliphatic carbocycles. The minimum Gasteiger partial charge on any atom is -0.481 e. The number of nitrogens with zero attached hydrogens (tertiary/aromatic N) is 3. The maximum absolute atomic E-state index is 10.7. The Morgan fingerprint density at radius 1 is 1.35 bits per heavy atom. The van der Waals surface area contributed by atoms with Crippen molar-refractivity contribution in [2.75, 3.05) is 5.75 Å². The van der Waals surface area contributed by atoms with Crippen molar-refractivity contribution in [2.45, 2.75) is 31.5 Å². The van der Waals surface area contributed by atoms with Crippen molar-refractivity contribution in [1.29, 1.82) is 0 Å². The molecule has 1 heterocycles. The Hall–Kier alpha value is -1.82. The molecule has 0 aliphatic rings. The van der Waals surface area contributed by atoms with Gasteiger partial charge >= 0.3 is 5.97 Å². The number of hydrogen-bond donors (Lipinski definition) is 1. The molecule has 2 rings (SSSR count). The highest BCUT2D eigenvalue weighted by atomic mass is 32.2. The standard InChI is InChI=1S/C14H17N3O2S/c1-3-12-15-16-14(20-9-13(18)19)17(12)10(2)11-7-5-4-6-8-11/h4-8,10H,3,9H2,1-2H3,(H,18,19). The van der Waals surface area contributed by atoms with Crippen molar-refractivity contribution in [1.82, 2.24) is 14.8 Å². The second kappa shape index (κ2) is 6.56. The minimum atomic E-state index is -0.852. The minimum absolute atomic E-state index is 0.0106. The third-order valence-electron chi connectivity index (χ3n) is 3.05. The van der Waals surface area contributed by atoms with E-state index in [4.69, 9.17) is 5.11 Å². The second-order valence-electron chi connectivity index (χ2n) is 4.39. The zero-order chi connectivity index (χ0) is 14.5. The Kier molecular flexibility index (Phi) is 4.79. The van der Waals surface area contributed by atoms with Crippen molar-refractivity contribution in [3.05, 3.63) is 41.7 Å². The van der Waals surface area contributed by atoms with Crippen LogP contribution in [0.25, 0.3) is 0 Å². The van der Waals surface area contributed by atoms with E-state index in [-0.39, 0.29) is 11.8 Å². The number of aliphatic carboxylic acids is 1. The summed E-state index contributed by atoms with van der Waals surface area (Å²) in [5.74, 6) is 0.00722. The molecule has 0 amide bonds. The van der Waals surface area contributed by atoms with Crippen molar-refractivity contribution < 1.29 is 9.90 Å². The number of hydrogen-bond acceptors (Lipinski definition) is 4. The Morgan fingerprint density at radius 2 is 2.05 bits per heavy atom. The lowest BCUT2D eigenvalue weighted by atomic mass is 10.1. The molecule has 1 N–H and O–H groups in total. The van der Waals surface area contributed by atoms with Gasteiger partial charge < -0.3 is 5.11 Å². The van der Waals surface area contributed by atoms with Crippen LogP contribution in [0.5, 0.6) is 0 Å². The maximum Gasteiger partial charge on any atom is 0.313 e. The van der Waals surface area contributed by atoms with E-state index in [0.29, 0.717) is 5.16 Å². The average Bonchev–Trinajstić information content (AvgIpc) is 2.88. The molecule has 1 atom stereocenters. The number of aromatic nitrogens is 3. The van der Waals surface area contributed by atoms with E-state index in [1.165, 1.54) is 11.8 Å². The summed E-state index contributed by atoms with van der Waals surface area (Å²) in [7, 11) is 0. The fourth-order valence-corrected chi connectivity index (χ4v) is 2.80. The van der Waals surface area contributed by atoms with Gasteiger partial charge in [0.1, 0.15) is 5.82 Å². The zero-order valence-electron chi connectivity index (χ0n) is 11.5. The quantitative estimate of drug-likeness (QED) is 0.829. The van der Waals surface area contributed by atoms with E-state index < -0.39 is 5.97 Å². The number of carbonyl (C=O) groups is 1. The van der Waals surface area contributed by atoms with Crippen molar-refractivity contribution in [3.8, 4) is 0 Å². The van der Waals surface area contributed by atoms with Crippen LogP contribution >= 0.6 is 11.8 Å². The molecule has 0 radical (unpaired) electrons. The highest BCUT2D eigenvalue weighted by molar-refractivity contribution is 7.99. The lowest BCUT2D eigenvalue weighted by Gasteiger charge is -2.17. The summed E-state index contributed by atoms with van der Waals surface area (Å²) in [5.41, 5.74) is 1.15. The van der Waals surface area contributed by atoms with Crippen LogP contribution in [0, 0.1) is 0 Å². The molecule has 0 saturated carbocycles. The average molecular weight is 291 g/mol. The zero-order valence-corrected chi connectivity index (χ0v) is 12.3. The summed E-state index contributed by atoms with van der Waals surface area (Å²) in [6.45, 7) is 4.09. The Bertz CT molecular complexity index is 583. The lowest BCUT2D eigenvalue weighted by molar-refractivity contribution is -0.133. The molecule has 2 aromatic rings. The normalized spacial score (nSPS) is 12.3. The lowest BCUT2D eigenvalue weighted by Crippen LogP contribution is -2.12. The smallest absolute Gasteiger partial charge is 0.313 e. The van der Waals surface area contributed by atoms with Crippen LogP contribution in [0.1, 0.15) is 31.3 Å². The molecule has 20 heavy (non-hydrogen) atoms. The molecule has 1 aromatic carbocycles. The predicted octanol–water partition coefficient (Wildman–Crippen LogP) is 2.63. The summed E-state index contributed by atoms with van der Waals surface area (Å²) in [6, 6.07) is 10.1. The van der Waals surface area contributed by atoms with E-state index in [9.17, 15) is 4.79 Å². The van der Waals surface area contributed by atoms with Crippen LogP contribution in [0.4, 0.5) is 0 Å². The van der Waals surface area contributed by atoms with Gasteiger partial charge in [-0.2, -0.15) is 0 Å². The van der Waals surface area contributed by atoms with Gasteiger partial charge in [-0.25, -0.2) is 0 Å². The first-order valence-electron chi connectivity index (χ1n) is 6.46. The van der Waals surface area contributed by atoms with Gasteiger partial charge in [0.05, 0.1) is 11.8 Å². The Morgan fingerprint density at radius 3 is 2.65 bits per heavy atom. The highest BCUT2D eigenvalue weighted by Gasteiger charge is 2.18. The molecular weight excluding hydrogens is 274 g/mol. The number of aryl methyl sites for hydroxylation is 1. The van der Waals surface area contributed by atoms with Crippen LogP contribution in [-0.4, -0.2) is 31.6 Å². The number of thioether (sulfide) groups is 1. The monoisotopic (exact) mass is 291 g/mol. The molecule has 106 valence electrons. The first-order valence-corrected chi connectivity index (χ1v) is 7.45. The number of carboxylic acid groups (broad SMARTS) is 1. The summed E-state index contributed by atoms with van der Waals surface area (Å²) in [6.07, 6.45) is 0.762. The summed E-state index contributed by atoms with van der Waals surface area (Å²) >= 11 is 1.20. The van der Waals surface area contributed by atoms with Crippen LogP contribution < -0.4 is 0 Å². The van der Waals surface area contributed by atoms with Crippen LogP contribution in [0.2, 0.25) is 0 Å². The van der Waals surface area contributed by atoms with Gasteiger partial charge in [0.25, 0.3) is 0 Å². The van der Waals surface area contributed by atoms with Crippen LogP contribution in [0.15, 0.2) is 35.5 Å². The molecule has 0 spiro atoms. The van der Waals surface area contributed by atoms with Crippen LogP contribution in [-0.2, 0) is 11.2 Å². The van der Waals surface area contributed by atoms with Gasteiger partial charge in [-0.3, -0.25) is 9.36 Å². The summed E-state index contributed by atoms with van der Waals surface area (Å²) < 4.78 is 2.02. The maximum atomic E-state index is 10.7. The Balaban J connectivity index is 2.33. The topological polar surface area (TPSA) is 68.0 Å². The highest BCUT2D eigenvalue weighted by Crippen LogP contribution is 2.26. The number of benzene rings is 1. The SMILES string of the molecule is CCc1nnc(SCC(=O)O)n1C(C)c1ccccc1. The fourth-order valence-electron chi connectivity index (χ4n) is 2.04. The van der Waals surface area contributed by atoms with Gasteiger partial charge in [-0.1, -0.05) is 49.0 Å². The van der Waals surface area contributed by atoms with Crippen molar-refractivity contribution in [3.63, 3.8) is 0 Å². The second-order valence-corrected chi connectivity index (χ2v) is 5.33. The number of rotatable bonds is 6. The summed E-state index contributed by atoms with van der Waals surface area (Å²) in [4.78, 5) is 10.7. The van der Waals surface area contributed by atoms with E-state index in [1.807, 2.05) is 29.7 Å². The first kappa shape index (κ1) is 14.6. The van der Waals surface area contributed by atoms with E-state index in [2.05, 4.69) is 29.3 Å². The first-order chi connectivity index (χ1) is 9.63. The van der Waals surface area contributed by atoms with Gasteiger partial charge in [0.2, 0.25) is 0 Å². The molecule has 5 nitrogen and oxygen atoms in total.